The van der Waals surface area contributed by atoms with Crippen molar-refractivity contribution in [3.05, 3.63) is 47.3 Å². The summed E-state index contributed by atoms with van der Waals surface area (Å²) >= 11 is 0. The smallest absolute Gasteiger partial charge is 0.318 e. The first-order chi connectivity index (χ1) is 23.4. The number of anilines is 1. The first-order valence-electron chi connectivity index (χ1n) is 17.4. The lowest BCUT2D eigenvalue weighted by atomic mass is 9.94. The van der Waals surface area contributed by atoms with Crippen molar-refractivity contribution in [1.82, 2.24) is 25.2 Å². The van der Waals surface area contributed by atoms with Crippen molar-refractivity contribution in [1.29, 1.82) is 0 Å². The van der Waals surface area contributed by atoms with Crippen LogP contribution in [0.1, 0.15) is 50.2 Å². The van der Waals surface area contributed by atoms with E-state index in [1.54, 1.807) is 6.07 Å². The van der Waals surface area contributed by atoms with E-state index < -0.39 is 5.82 Å². The Morgan fingerprint density at radius 3 is 2.67 bits per heavy atom. The number of hydrogen-bond donors (Lipinski definition) is 1. The summed E-state index contributed by atoms with van der Waals surface area (Å²) in [6, 6.07) is 10.8. The normalized spacial score (nSPS) is 25.8. The summed E-state index contributed by atoms with van der Waals surface area (Å²) in [5.74, 6) is 3.44. The Labute approximate surface area is 280 Å². The summed E-state index contributed by atoms with van der Waals surface area (Å²) in [7, 11) is 0. The number of nitrogens with zero attached hydrogens (tertiary/aromatic N) is 5. The van der Waals surface area contributed by atoms with Crippen molar-refractivity contribution in [2.75, 3.05) is 51.0 Å². The molecule has 248 valence electrons. The average molecular weight is 649 g/mol. The molecule has 4 aliphatic heterocycles. The Balaban J connectivity index is 1.16. The maximum Gasteiger partial charge on any atom is 0.318 e. The van der Waals surface area contributed by atoms with Crippen LogP contribution in [0.15, 0.2) is 30.3 Å². The van der Waals surface area contributed by atoms with E-state index in [1.165, 1.54) is 18.9 Å². The van der Waals surface area contributed by atoms with Gasteiger partial charge in [-0.3, -0.25) is 4.90 Å². The van der Waals surface area contributed by atoms with Crippen LogP contribution >= 0.6 is 0 Å². The fourth-order valence-corrected chi connectivity index (χ4v) is 8.40. The van der Waals surface area contributed by atoms with E-state index in [9.17, 15) is 0 Å². The van der Waals surface area contributed by atoms with E-state index in [4.69, 9.17) is 35.6 Å². The maximum absolute atomic E-state index is 15.0. The molecule has 1 N–H and O–H groups in total. The molecular formula is C38H41FN6O3. The second kappa shape index (κ2) is 11.5. The summed E-state index contributed by atoms with van der Waals surface area (Å²) in [6.45, 7) is 9.52. The number of terminal acetylenes is 1. The number of pyridine rings is 1. The van der Waals surface area contributed by atoms with Crippen molar-refractivity contribution >= 4 is 27.5 Å². The molecule has 3 saturated heterocycles. The van der Waals surface area contributed by atoms with E-state index in [0.29, 0.717) is 54.3 Å². The van der Waals surface area contributed by atoms with Gasteiger partial charge in [0.1, 0.15) is 23.6 Å². The number of aromatic nitrogens is 3. The van der Waals surface area contributed by atoms with Gasteiger partial charge in [-0.1, -0.05) is 37.1 Å². The van der Waals surface area contributed by atoms with E-state index in [1.807, 2.05) is 25.1 Å². The number of halogens is 1. The third-order valence-corrected chi connectivity index (χ3v) is 11.5. The van der Waals surface area contributed by atoms with Crippen molar-refractivity contribution in [2.45, 2.75) is 70.1 Å². The van der Waals surface area contributed by atoms with Crippen LogP contribution in [-0.2, 0) is 4.74 Å². The summed E-state index contributed by atoms with van der Waals surface area (Å²) in [6.07, 6.45) is 11.6. The Hall–Kier alpha value is -4.04. The third kappa shape index (κ3) is 4.89. The Morgan fingerprint density at radius 2 is 1.90 bits per heavy atom. The number of hydrogen-bond acceptors (Lipinski definition) is 9. The fraction of sp³-hybridized carbons (Fsp3) is 0.500. The zero-order chi connectivity index (χ0) is 32.6. The molecule has 9 rings (SSSR count). The molecule has 0 amide bonds. The highest BCUT2D eigenvalue weighted by Gasteiger charge is 2.49. The summed E-state index contributed by atoms with van der Waals surface area (Å²) in [5, 5.41) is 5.97. The molecule has 0 radical (unpaired) electrons. The first kappa shape index (κ1) is 30.1. The topological polar surface area (TPSA) is 84.9 Å². The number of rotatable bonds is 7. The molecule has 2 aromatic heterocycles. The molecule has 2 bridgehead atoms. The SMILES string of the molecule is C#Cc1c(F)ccc2cccc(-c3nc4c5c(nc(OCC6(CN7C8CCC7COC8)CC6)nc5c3C)N3C[C@@H](CC)NC[C@H]3CO4)c12. The fourth-order valence-electron chi connectivity index (χ4n) is 8.40. The molecule has 1 saturated carbocycles. The largest absolute Gasteiger partial charge is 0.475 e. The first-order valence-corrected chi connectivity index (χ1v) is 17.4. The lowest BCUT2D eigenvalue weighted by Gasteiger charge is -2.39. The van der Waals surface area contributed by atoms with Gasteiger partial charge in [0, 0.05) is 59.7 Å². The van der Waals surface area contributed by atoms with Gasteiger partial charge in [0.15, 0.2) is 0 Å². The van der Waals surface area contributed by atoms with E-state index >= 15 is 4.39 Å². The van der Waals surface area contributed by atoms with Gasteiger partial charge in [-0.15, -0.1) is 6.42 Å². The van der Waals surface area contributed by atoms with E-state index in [0.717, 1.165) is 85.3 Å². The zero-order valence-corrected chi connectivity index (χ0v) is 27.6. The quantitative estimate of drug-likeness (QED) is 0.271. The summed E-state index contributed by atoms with van der Waals surface area (Å²) in [4.78, 5) is 20.4. The minimum Gasteiger partial charge on any atom is -0.475 e. The number of benzene rings is 2. The van der Waals surface area contributed by atoms with Gasteiger partial charge in [-0.2, -0.15) is 9.97 Å². The van der Waals surface area contributed by atoms with Gasteiger partial charge >= 0.3 is 6.01 Å². The number of aryl methyl sites for hydroxylation is 1. The van der Waals surface area contributed by atoms with E-state index in [2.05, 4.69) is 28.0 Å². The summed E-state index contributed by atoms with van der Waals surface area (Å²) in [5.41, 5.74) is 3.31. The Bertz CT molecular complexity index is 1960. The molecule has 2 unspecified atom stereocenters. The Kier molecular flexibility index (Phi) is 7.22. The van der Waals surface area contributed by atoms with Crippen LogP contribution < -0.4 is 19.7 Å². The van der Waals surface area contributed by atoms with Gasteiger partial charge in [0.05, 0.1) is 42.6 Å². The zero-order valence-electron chi connectivity index (χ0n) is 27.6. The second-order valence-electron chi connectivity index (χ2n) is 14.4. The van der Waals surface area contributed by atoms with Crippen LogP contribution in [0.5, 0.6) is 11.9 Å². The van der Waals surface area contributed by atoms with Crippen molar-refractivity contribution in [2.24, 2.45) is 5.41 Å². The monoisotopic (exact) mass is 648 g/mol. The van der Waals surface area contributed by atoms with Crippen LogP contribution in [0.2, 0.25) is 0 Å². The average Bonchev–Trinajstić information content (AvgIpc) is 3.87. The molecule has 5 aliphatic rings. The molecule has 4 fully saturated rings. The molecule has 1 aliphatic carbocycles. The molecule has 0 spiro atoms. The third-order valence-electron chi connectivity index (χ3n) is 11.5. The van der Waals surface area contributed by atoms with Gasteiger partial charge in [-0.25, -0.2) is 9.37 Å². The van der Waals surface area contributed by atoms with Crippen LogP contribution in [0.4, 0.5) is 10.2 Å². The molecule has 9 nitrogen and oxygen atoms in total. The summed E-state index contributed by atoms with van der Waals surface area (Å²) < 4.78 is 34.0. The van der Waals surface area contributed by atoms with Gasteiger partial charge in [-0.05, 0) is 50.5 Å². The highest BCUT2D eigenvalue weighted by molar-refractivity contribution is 6.04. The minimum atomic E-state index is -0.431. The van der Waals surface area contributed by atoms with Crippen LogP contribution in [0, 0.1) is 30.5 Å². The minimum absolute atomic E-state index is 0.0722. The van der Waals surface area contributed by atoms with Crippen molar-refractivity contribution < 1.29 is 18.6 Å². The second-order valence-corrected chi connectivity index (χ2v) is 14.4. The van der Waals surface area contributed by atoms with Gasteiger partial charge in [0.2, 0.25) is 5.88 Å². The van der Waals surface area contributed by atoms with Crippen LogP contribution in [0.25, 0.3) is 32.9 Å². The lowest BCUT2D eigenvalue weighted by molar-refractivity contribution is -0.0271. The molecule has 48 heavy (non-hydrogen) atoms. The van der Waals surface area contributed by atoms with Gasteiger partial charge in [0.25, 0.3) is 0 Å². The van der Waals surface area contributed by atoms with Crippen molar-refractivity contribution in [3.8, 4) is 35.5 Å². The number of nitrogens with one attached hydrogen (secondary N) is 1. The molecular weight excluding hydrogens is 607 g/mol. The molecule has 4 atom stereocenters. The van der Waals surface area contributed by atoms with Crippen LogP contribution in [-0.4, -0.2) is 90.1 Å². The highest BCUT2D eigenvalue weighted by Crippen LogP contribution is 2.49. The number of fused-ring (bicyclic) bond motifs is 5. The molecule has 10 heteroatoms. The Morgan fingerprint density at radius 1 is 1.06 bits per heavy atom. The highest BCUT2D eigenvalue weighted by atomic mass is 19.1. The predicted molar refractivity (Wildman–Crippen MR) is 183 cm³/mol. The number of piperazine rings is 1. The molecule has 6 heterocycles. The molecule has 2 aromatic carbocycles. The number of morpholine rings is 1. The maximum atomic E-state index is 15.0. The lowest BCUT2D eigenvalue weighted by Crippen LogP contribution is -2.58. The van der Waals surface area contributed by atoms with Gasteiger partial charge < -0.3 is 24.4 Å². The van der Waals surface area contributed by atoms with Crippen LogP contribution in [0.3, 0.4) is 0 Å². The van der Waals surface area contributed by atoms with E-state index in [-0.39, 0.29) is 17.0 Å². The standard InChI is InChI=1S/C38H41FN6O3/c1-4-24-16-44-27(15-40-24)19-47-36-32-34(22(3)33(41-36)29-8-6-7-23-9-12-30(39)28(5-2)31(23)29)42-37(43-35(32)44)48-21-38(13-14-38)20-45-25-10-11-26(45)18-46-17-25/h2,6-9,12,24-27,40H,4,10-11,13-21H2,1,3H3/t24-,25?,26?,27+/m1/s1. The predicted octanol–water partition coefficient (Wildman–Crippen LogP) is 5.25. The molecule has 4 aromatic rings. The number of ether oxygens (including phenoxy) is 3. The van der Waals surface area contributed by atoms with Crippen molar-refractivity contribution in [3.63, 3.8) is 0 Å².